The number of rotatable bonds is 20. The molecule has 0 spiro atoms. The average Bonchev–Trinajstić information content (AvgIpc) is 3.98. The van der Waals surface area contributed by atoms with Gasteiger partial charge in [-0.3, -0.25) is 47.8 Å². The topological polar surface area (TPSA) is 322 Å². The van der Waals surface area contributed by atoms with E-state index in [1.54, 1.807) is 73.7 Å². The average molecular weight is 1440 g/mol. The molecule has 0 aliphatic carbocycles. The zero-order valence-corrected chi connectivity index (χ0v) is 56.8. The van der Waals surface area contributed by atoms with Crippen LogP contribution in [0.3, 0.4) is 0 Å². The summed E-state index contributed by atoms with van der Waals surface area (Å²) < 4.78 is 78.0. The minimum absolute atomic E-state index is 0. The predicted molar refractivity (Wildman–Crippen MR) is 365 cm³/mol. The fourth-order valence-corrected chi connectivity index (χ4v) is 8.18. The van der Waals surface area contributed by atoms with E-state index in [0.29, 0.717) is 68.7 Å². The second-order valence-electron chi connectivity index (χ2n) is 17.7. The molecule has 7 heterocycles. The summed E-state index contributed by atoms with van der Waals surface area (Å²) in [6.07, 6.45) is 25.4. The SMILES string of the molecule is Brc1cccnc1.C.C.C.CCN(CC)CC.CN.CN1CCCC1c1cccnc1.CS(=O)(=O)Cl.CS(=O)(=O)OCCCC(OS(C)(=O)=O)c1cccnc1.ClCCl.O=C(CCCO)c1cccnc1.O=C1CCCO1.OCCCC(O)c1cccnc1. The van der Waals surface area contributed by atoms with Gasteiger partial charge in [0.25, 0.3) is 20.2 Å². The van der Waals surface area contributed by atoms with Gasteiger partial charge in [-0.2, -0.15) is 16.8 Å². The highest BCUT2D eigenvalue weighted by Crippen LogP contribution is 2.29. The molecule has 3 atom stereocenters. The number of ether oxygens (including phenoxy) is 1. The van der Waals surface area contributed by atoms with Gasteiger partial charge in [-0.25, -0.2) is 8.42 Å². The number of ketones is 1. The Balaban J connectivity index is -0.000000225. The number of aromatic nitrogens is 5. The Hall–Kier alpha value is -4.23. The Bertz CT molecular complexity index is 2720. The molecule has 7 rings (SSSR count). The second-order valence-corrected chi connectivity index (χ2v) is 25.7. The number of esters is 1. The quantitative estimate of drug-likeness (QED) is 0.0140. The van der Waals surface area contributed by atoms with Crippen molar-refractivity contribution in [3.63, 3.8) is 0 Å². The van der Waals surface area contributed by atoms with Crippen molar-refractivity contribution >= 4 is 90.9 Å². The minimum atomic E-state index is -3.62. The number of nitrogens with two attached hydrogens (primary N) is 1. The van der Waals surface area contributed by atoms with Crippen LogP contribution in [0.5, 0.6) is 0 Å². The summed E-state index contributed by atoms with van der Waals surface area (Å²) in [7, 11) is -2.12. The number of alkyl halides is 2. The van der Waals surface area contributed by atoms with Crippen molar-refractivity contribution in [3.05, 3.63) is 149 Å². The fourth-order valence-electron chi connectivity index (χ4n) is 6.85. The van der Waals surface area contributed by atoms with Gasteiger partial charge in [0.05, 0.1) is 43.4 Å². The molecule has 2 aliphatic heterocycles. The lowest BCUT2D eigenvalue weighted by Gasteiger charge is -2.18. The van der Waals surface area contributed by atoms with Gasteiger partial charge in [-0.1, -0.05) is 61.3 Å². The molecule has 2 fully saturated rings. The summed E-state index contributed by atoms with van der Waals surface area (Å²) in [6, 6.07) is 19.0. The summed E-state index contributed by atoms with van der Waals surface area (Å²) in [6.45, 7) is 12.1. The Labute approximate surface area is 556 Å². The van der Waals surface area contributed by atoms with Crippen molar-refractivity contribution in [3.8, 4) is 0 Å². The van der Waals surface area contributed by atoms with Crippen LogP contribution in [0.2, 0.25) is 0 Å². The van der Waals surface area contributed by atoms with Crippen molar-refractivity contribution in [2.45, 2.75) is 126 Å². The van der Waals surface area contributed by atoms with Gasteiger partial charge in [-0.05, 0) is 161 Å². The highest BCUT2D eigenvalue weighted by molar-refractivity contribution is 9.10. The number of halogens is 4. The molecule has 5 aromatic heterocycles. The number of nitrogens with zero attached hydrogens (tertiary/aromatic N) is 7. The molecule has 0 radical (unpaired) electrons. The molecule has 22 nitrogen and oxygen atoms in total. The molecule has 5 aromatic rings. The molecule has 89 heavy (non-hydrogen) atoms. The molecule has 29 heteroatoms. The molecule has 0 amide bonds. The lowest BCUT2D eigenvalue weighted by atomic mass is 10.1. The first kappa shape index (κ1) is 95.9. The Morgan fingerprint density at radius 2 is 1.21 bits per heavy atom. The number of hydrogen-bond acceptors (Lipinski definition) is 22. The highest BCUT2D eigenvalue weighted by atomic mass is 79.9. The number of Topliss-reactive ketones (excluding diaryl/α,β-unsaturated/α-hetero) is 1. The number of pyridine rings is 5. The first-order valence-electron chi connectivity index (χ1n) is 27.3. The molecule has 5 N–H and O–H groups in total. The number of aliphatic hydroxyl groups excluding tert-OH is 3. The van der Waals surface area contributed by atoms with Gasteiger partial charge in [0.2, 0.25) is 9.05 Å². The van der Waals surface area contributed by atoms with Crippen LogP contribution >= 0.6 is 49.8 Å². The molecule has 2 saturated heterocycles. The molecule has 3 unspecified atom stereocenters. The van der Waals surface area contributed by atoms with E-state index in [2.05, 4.69) is 110 Å². The van der Waals surface area contributed by atoms with Crippen LogP contribution in [-0.2, 0) is 47.2 Å². The van der Waals surface area contributed by atoms with E-state index in [9.17, 15) is 39.9 Å². The van der Waals surface area contributed by atoms with Crippen molar-refractivity contribution in [1.29, 1.82) is 0 Å². The van der Waals surface area contributed by atoms with Gasteiger partial charge in [0.1, 0.15) is 6.10 Å². The largest absolute Gasteiger partial charge is 0.466 e. The van der Waals surface area contributed by atoms with Gasteiger partial charge in [0.15, 0.2) is 5.78 Å². The van der Waals surface area contributed by atoms with E-state index in [1.807, 2.05) is 36.7 Å². The standard InChI is InChI=1S/C11H17NO6S2.C10H14N2.C9H13NO2.C9H11NO2.C6H15N.C5H4BrN.C4H6O2.CH2Cl2.CH3ClO2S.CH5N.3CH4/c1-19(13,14)17-8-4-6-11(18-20(2,15)16)10-5-3-7-12-9-10;1-12-7-3-5-10(12)9-4-2-6-11-8-9;2*11-6-2-4-9(12)8-3-1-5-10-7-8;1-4-7(5-2)6-3;6-5-2-1-3-7-4-5;5-4-2-1-3-6-4;2-1-3;1-5(2,3)4;1-2;;;/h3,5,7,9,11H,4,6,8H2,1-2H3;2,4,6,8,10H,3,5,7H2,1H3;1,3,5,7,9,11-12H,2,4,6H2;1,3,5,7,11H,2,4,6H2;4-6H2,1-3H3;1-4H;1-3H2;1H2;1H3;2H2,1H3;3*1H4. The molecular formula is C60H102BrCl3N8O14S3. The van der Waals surface area contributed by atoms with E-state index >= 15 is 0 Å². The van der Waals surface area contributed by atoms with Crippen molar-refractivity contribution in [2.75, 3.05) is 90.8 Å². The second kappa shape index (κ2) is 61.3. The van der Waals surface area contributed by atoms with Gasteiger partial charge >= 0.3 is 5.97 Å². The highest BCUT2D eigenvalue weighted by Gasteiger charge is 2.22. The number of aliphatic hydroxyl groups is 3. The van der Waals surface area contributed by atoms with Crippen molar-refractivity contribution in [1.82, 2.24) is 34.7 Å². The van der Waals surface area contributed by atoms with Crippen LogP contribution in [0.1, 0.15) is 153 Å². The summed E-state index contributed by atoms with van der Waals surface area (Å²) in [5, 5.41) is 26.7. The number of carbonyl (C=O) groups is 2. The van der Waals surface area contributed by atoms with Crippen LogP contribution in [0.4, 0.5) is 0 Å². The first-order chi connectivity index (χ1) is 40.8. The van der Waals surface area contributed by atoms with E-state index in [4.69, 9.17) is 37.6 Å². The molecule has 0 aromatic carbocycles. The fraction of sp³-hybridized carbons (Fsp3) is 0.550. The van der Waals surface area contributed by atoms with Crippen LogP contribution in [0.25, 0.3) is 0 Å². The van der Waals surface area contributed by atoms with E-state index in [0.717, 1.165) is 35.2 Å². The Kier molecular flexibility index (Phi) is 66.0. The number of hydrogen-bond donors (Lipinski definition) is 4. The normalized spacial score (nSPS) is 13.4. The zero-order chi connectivity index (χ0) is 65.7. The van der Waals surface area contributed by atoms with E-state index in [-0.39, 0.29) is 59.2 Å². The van der Waals surface area contributed by atoms with Crippen LogP contribution in [0.15, 0.2) is 127 Å². The molecule has 512 valence electrons. The maximum atomic E-state index is 11.3. The maximum Gasteiger partial charge on any atom is 0.305 e. The summed E-state index contributed by atoms with van der Waals surface area (Å²) in [5.41, 5.74) is 7.90. The summed E-state index contributed by atoms with van der Waals surface area (Å²) in [5.74, 6) is -0.00727. The third-order valence-electron chi connectivity index (χ3n) is 10.9. The molecule has 0 bridgehead atoms. The summed E-state index contributed by atoms with van der Waals surface area (Å²) in [4.78, 5) is 45.6. The van der Waals surface area contributed by atoms with E-state index in [1.165, 1.54) is 57.8 Å². The van der Waals surface area contributed by atoms with E-state index < -0.39 is 41.5 Å². The number of cyclic esters (lactones) is 1. The lowest BCUT2D eigenvalue weighted by molar-refractivity contribution is -0.137. The number of likely N-dealkylation sites (tertiary alicyclic amines) is 1. The summed E-state index contributed by atoms with van der Waals surface area (Å²) >= 11 is 12.8. The van der Waals surface area contributed by atoms with Gasteiger partial charge in [-0.15, -0.1) is 23.2 Å². The minimum Gasteiger partial charge on any atom is -0.466 e. The number of carbonyl (C=O) groups excluding carboxylic acids is 2. The lowest BCUT2D eigenvalue weighted by Crippen LogP contribution is -2.21. The van der Waals surface area contributed by atoms with Crippen LogP contribution in [-0.4, -0.2) is 178 Å². The Morgan fingerprint density at radius 1 is 0.730 bits per heavy atom. The first-order valence-corrected chi connectivity index (χ1v) is 35.5. The van der Waals surface area contributed by atoms with Gasteiger partial charge in [0, 0.05) is 120 Å². The molecule has 2 aliphatic rings. The molecule has 0 saturated carbocycles. The molecular weight excluding hydrogens is 1340 g/mol. The maximum absolute atomic E-state index is 11.3. The zero-order valence-electron chi connectivity index (χ0n) is 50.5. The monoisotopic (exact) mass is 1440 g/mol. The smallest absolute Gasteiger partial charge is 0.305 e. The Morgan fingerprint density at radius 3 is 1.54 bits per heavy atom. The van der Waals surface area contributed by atoms with Crippen LogP contribution < -0.4 is 5.73 Å². The third-order valence-corrected chi connectivity index (χ3v) is 12.5. The van der Waals surface area contributed by atoms with Crippen molar-refractivity contribution < 1.29 is 63.3 Å². The van der Waals surface area contributed by atoms with Crippen LogP contribution in [0, 0.1) is 0 Å². The van der Waals surface area contributed by atoms with Crippen molar-refractivity contribution in [2.24, 2.45) is 5.73 Å². The van der Waals surface area contributed by atoms with Gasteiger partial charge < -0.3 is 30.7 Å². The third kappa shape index (κ3) is 61.1. The predicted octanol–water partition coefficient (Wildman–Crippen LogP) is 11.2.